The normalized spacial score (nSPS) is 13.5. The summed E-state index contributed by atoms with van der Waals surface area (Å²) in [6.45, 7) is 4.48. The van der Waals surface area contributed by atoms with E-state index in [4.69, 9.17) is 9.97 Å². The molecule has 0 aliphatic carbocycles. The molecule has 3 aromatic heterocycles. The number of hydrogen-bond acceptors (Lipinski definition) is 5. The maximum atomic E-state index is 4.93. The largest absolute Gasteiger partial charge is 0.366 e. The number of rotatable bonds is 4. The van der Waals surface area contributed by atoms with Crippen LogP contribution in [0.3, 0.4) is 0 Å². The molecule has 6 nitrogen and oxygen atoms in total. The minimum absolute atomic E-state index is 0.729. The van der Waals surface area contributed by atoms with Gasteiger partial charge in [-0.1, -0.05) is 36.4 Å². The van der Waals surface area contributed by atoms with Crippen molar-refractivity contribution in [1.29, 1.82) is 0 Å². The quantitative estimate of drug-likeness (QED) is 0.577. The third kappa shape index (κ3) is 3.01. The summed E-state index contributed by atoms with van der Waals surface area (Å²) in [4.78, 5) is 14.5. The van der Waals surface area contributed by atoms with Crippen LogP contribution in [0.2, 0.25) is 0 Å². The van der Waals surface area contributed by atoms with Crippen LogP contribution in [0.4, 0.5) is 5.82 Å². The Kier molecular flexibility index (Phi) is 4.25. The summed E-state index contributed by atoms with van der Waals surface area (Å²) in [6.07, 6.45) is 2.92. The van der Waals surface area contributed by atoms with Gasteiger partial charge in [-0.2, -0.15) is 0 Å². The van der Waals surface area contributed by atoms with E-state index in [0.717, 1.165) is 66.0 Å². The molecule has 0 amide bonds. The van der Waals surface area contributed by atoms with Crippen molar-refractivity contribution in [1.82, 2.24) is 24.7 Å². The molecule has 0 saturated heterocycles. The van der Waals surface area contributed by atoms with Gasteiger partial charge in [0.05, 0.1) is 11.4 Å². The lowest BCUT2D eigenvalue weighted by atomic mass is 10.1. The van der Waals surface area contributed by atoms with E-state index in [1.165, 1.54) is 5.56 Å². The summed E-state index contributed by atoms with van der Waals surface area (Å²) in [5.74, 6) is 1.63. The van der Waals surface area contributed by atoms with Crippen molar-refractivity contribution in [2.45, 2.75) is 26.4 Å². The van der Waals surface area contributed by atoms with Crippen LogP contribution >= 0.6 is 0 Å². The molecular weight excluding hydrogens is 348 g/mol. The van der Waals surface area contributed by atoms with E-state index >= 15 is 0 Å². The molecule has 1 aromatic carbocycles. The Morgan fingerprint density at radius 2 is 1.89 bits per heavy atom. The smallest absolute Gasteiger partial charge is 0.180 e. The number of fused-ring (bicyclic) bond motifs is 2. The van der Waals surface area contributed by atoms with Crippen molar-refractivity contribution >= 4 is 11.5 Å². The monoisotopic (exact) mass is 370 g/mol. The number of hydrogen-bond donors (Lipinski definition) is 2. The van der Waals surface area contributed by atoms with Crippen LogP contribution in [0.25, 0.3) is 17.2 Å². The number of aromatic nitrogens is 4. The summed E-state index contributed by atoms with van der Waals surface area (Å²) in [6, 6.07) is 16.4. The topological polar surface area (TPSA) is 67.1 Å². The first-order chi connectivity index (χ1) is 13.8. The Morgan fingerprint density at radius 1 is 1.04 bits per heavy atom. The molecule has 0 spiro atoms. The summed E-state index contributed by atoms with van der Waals surface area (Å²) in [7, 11) is 0. The molecule has 2 N–H and O–H groups in total. The second-order valence-corrected chi connectivity index (χ2v) is 7.06. The van der Waals surface area contributed by atoms with Crippen LogP contribution in [0.5, 0.6) is 0 Å². The number of aryl methyl sites for hydroxylation is 1. The first-order valence-corrected chi connectivity index (χ1v) is 9.62. The third-order valence-electron chi connectivity index (χ3n) is 5.15. The Morgan fingerprint density at radius 3 is 2.79 bits per heavy atom. The molecule has 1 aliphatic heterocycles. The number of pyridine rings is 1. The number of nitrogens with zero attached hydrogens (tertiary/aromatic N) is 4. The predicted molar refractivity (Wildman–Crippen MR) is 110 cm³/mol. The van der Waals surface area contributed by atoms with Crippen molar-refractivity contribution in [3.63, 3.8) is 0 Å². The standard InChI is InChI=1S/C22H22N6/c1-15-20(28-12-6-5-9-19(28)25-15)22-26-18-10-11-23-14-17(18)21(27-22)24-13-16-7-3-2-4-8-16/h2-9,12,23H,10-11,13-14H2,1H3,(H,24,26,27). The van der Waals surface area contributed by atoms with Gasteiger partial charge >= 0.3 is 0 Å². The fourth-order valence-electron chi connectivity index (χ4n) is 3.76. The van der Waals surface area contributed by atoms with Crippen LogP contribution in [0.15, 0.2) is 54.7 Å². The van der Waals surface area contributed by atoms with Crippen LogP contribution in [-0.2, 0) is 19.5 Å². The lowest BCUT2D eigenvalue weighted by molar-refractivity contribution is 0.627. The fourth-order valence-corrected chi connectivity index (χ4v) is 3.76. The summed E-state index contributed by atoms with van der Waals surface area (Å²) in [5, 5.41) is 6.98. The van der Waals surface area contributed by atoms with E-state index in [-0.39, 0.29) is 0 Å². The molecule has 4 heterocycles. The van der Waals surface area contributed by atoms with E-state index in [9.17, 15) is 0 Å². The highest BCUT2D eigenvalue weighted by molar-refractivity contribution is 5.64. The van der Waals surface area contributed by atoms with Crippen LogP contribution < -0.4 is 10.6 Å². The lowest BCUT2D eigenvalue weighted by Crippen LogP contribution is -2.26. The Bertz CT molecular complexity index is 1130. The minimum atomic E-state index is 0.729. The number of anilines is 1. The van der Waals surface area contributed by atoms with E-state index in [2.05, 4.69) is 44.3 Å². The molecule has 0 radical (unpaired) electrons. The Labute approximate surface area is 163 Å². The highest BCUT2D eigenvalue weighted by atomic mass is 15.1. The average Bonchev–Trinajstić information content (AvgIpc) is 3.08. The maximum Gasteiger partial charge on any atom is 0.180 e. The van der Waals surface area contributed by atoms with E-state index < -0.39 is 0 Å². The zero-order chi connectivity index (χ0) is 18.9. The summed E-state index contributed by atoms with van der Waals surface area (Å²) >= 11 is 0. The second-order valence-electron chi connectivity index (χ2n) is 7.06. The molecular formula is C22H22N6. The van der Waals surface area contributed by atoms with Gasteiger partial charge < -0.3 is 10.6 Å². The van der Waals surface area contributed by atoms with Crippen LogP contribution in [0, 0.1) is 6.92 Å². The first-order valence-electron chi connectivity index (χ1n) is 9.62. The number of benzene rings is 1. The number of imidazole rings is 1. The van der Waals surface area contributed by atoms with Crippen molar-refractivity contribution in [2.24, 2.45) is 0 Å². The van der Waals surface area contributed by atoms with Gasteiger partial charge in [0.15, 0.2) is 5.82 Å². The molecule has 0 bridgehead atoms. The fraction of sp³-hybridized carbons (Fsp3) is 0.227. The molecule has 5 rings (SSSR count). The van der Waals surface area contributed by atoms with Crippen molar-refractivity contribution in [3.05, 3.63) is 77.2 Å². The second kappa shape index (κ2) is 7.05. The molecule has 0 saturated carbocycles. The Hall–Kier alpha value is -3.25. The highest BCUT2D eigenvalue weighted by Gasteiger charge is 2.21. The minimum Gasteiger partial charge on any atom is -0.366 e. The predicted octanol–water partition coefficient (Wildman–Crippen LogP) is 3.36. The molecule has 0 atom stereocenters. The summed E-state index contributed by atoms with van der Waals surface area (Å²) in [5.41, 5.74) is 6.32. The van der Waals surface area contributed by atoms with Gasteiger partial charge in [0.1, 0.15) is 17.2 Å². The zero-order valence-corrected chi connectivity index (χ0v) is 15.8. The molecule has 28 heavy (non-hydrogen) atoms. The lowest BCUT2D eigenvalue weighted by Gasteiger charge is -2.21. The molecule has 140 valence electrons. The molecule has 4 aromatic rings. The van der Waals surface area contributed by atoms with Crippen LogP contribution in [-0.4, -0.2) is 25.9 Å². The van der Waals surface area contributed by atoms with E-state index in [1.54, 1.807) is 0 Å². The highest BCUT2D eigenvalue weighted by Crippen LogP contribution is 2.27. The van der Waals surface area contributed by atoms with Gasteiger partial charge in [0.25, 0.3) is 0 Å². The van der Waals surface area contributed by atoms with Gasteiger partial charge in [-0.15, -0.1) is 0 Å². The van der Waals surface area contributed by atoms with Crippen LogP contribution in [0.1, 0.15) is 22.5 Å². The number of nitrogens with one attached hydrogen (secondary N) is 2. The maximum absolute atomic E-state index is 4.93. The van der Waals surface area contributed by atoms with Gasteiger partial charge in [0.2, 0.25) is 0 Å². The van der Waals surface area contributed by atoms with Gasteiger partial charge in [-0.25, -0.2) is 15.0 Å². The summed E-state index contributed by atoms with van der Waals surface area (Å²) < 4.78 is 2.07. The first kappa shape index (κ1) is 16.9. The SMILES string of the molecule is Cc1nc2ccccn2c1-c1nc2c(c(NCc3ccccc3)n1)CNCC2. The molecule has 0 unspecified atom stereocenters. The van der Waals surface area contributed by atoms with Gasteiger partial charge in [-0.05, 0) is 24.6 Å². The van der Waals surface area contributed by atoms with Crippen molar-refractivity contribution in [3.8, 4) is 11.5 Å². The zero-order valence-electron chi connectivity index (χ0n) is 15.8. The van der Waals surface area contributed by atoms with E-state index in [0.29, 0.717) is 0 Å². The van der Waals surface area contributed by atoms with Gasteiger partial charge in [-0.3, -0.25) is 4.40 Å². The molecule has 0 fully saturated rings. The van der Waals surface area contributed by atoms with Crippen molar-refractivity contribution < 1.29 is 0 Å². The third-order valence-corrected chi connectivity index (χ3v) is 5.15. The van der Waals surface area contributed by atoms with E-state index in [1.807, 2.05) is 37.4 Å². The van der Waals surface area contributed by atoms with Gasteiger partial charge in [0, 0.05) is 37.8 Å². The Balaban J connectivity index is 1.60. The van der Waals surface area contributed by atoms with Crippen molar-refractivity contribution in [2.75, 3.05) is 11.9 Å². The molecule has 6 heteroatoms. The average molecular weight is 370 g/mol. The molecule has 1 aliphatic rings.